The summed E-state index contributed by atoms with van der Waals surface area (Å²) < 4.78 is 38.4. The van der Waals surface area contributed by atoms with Crippen molar-refractivity contribution in [3.63, 3.8) is 0 Å². The molecule has 1 saturated carbocycles. The van der Waals surface area contributed by atoms with Crippen LogP contribution in [0.4, 0.5) is 13.2 Å². The largest absolute Gasteiger partial charge is 0.391 e. The zero-order chi connectivity index (χ0) is 11.8. The topological polar surface area (TPSA) is 12.0 Å². The van der Waals surface area contributed by atoms with Crippen molar-refractivity contribution >= 4 is 0 Å². The minimum Gasteiger partial charge on any atom is -0.316 e. The monoisotopic (exact) mass is 235 g/mol. The molecule has 16 heavy (non-hydrogen) atoms. The van der Waals surface area contributed by atoms with E-state index in [2.05, 4.69) is 12.2 Å². The summed E-state index contributed by atoms with van der Waals surface area (Å²) in [6.45, 7) is 3.87. The Hall–Kier alpha value is -0.250. The fourth-order valence-corrected chi connectivity index (χ4v) is 3.47. The van der Waals surface area contributed by atoms with Crippen LogP contribution in [-0.2, 0) is 0 Å². The quantitative estimate of drug-likeness (QED) is 0.679. The van der Waals surface area contributed by atoms with Crippen LogP contribution in [0.2, 0.25) is 0 Å². The molecule has 0 aromatic heterocycles. The molecular weight excluding hydrogens is 215 g/mol. The predicted molar refractivity (Wildman–Crippen MR) is 57.1 cm³/mol. The van der Waals surface area contributed by atoms with E-state index in [4.69, 9.17) is 0 Å². The van der Waals surface area contributed by atoms with Crippen LogP contribution in [0.15, 0.2) is 0 Å². The summed E-state index contributed by atoms with van der Waals surface area (Å²) >= 11 is 0. The normalized spacial score (nSPS) is 41.2. The molecule has 2 fully saturated rings. The van der Waals surface area contributed by atoms with Gasteiger partial charge in [0.1, 0.15) is 0 Å². The van der Waals surface area contributed by atoms with Crippen LogP contribution in [0.25, 0.3) is 0 Å². The lowest BCUT2D eigenvalue weighted by molar-refractivity contribution is -0.196. The maximum Gasteiger partial charge on any atom is 0.391 e. The Morgan fingerprint density at radius 3 is 2.62 bits per heavy atom. The minimum absolute atomic E-state index is 0.0380. The van der Waals surface area contributed by atoms with Gasteiger partial charge in [-0.3, -0.25) is 0 Å². The highest BCUT2D eigenvalue weighted by Gasteiger charge is 2.49. The summed E-state index contributed by atoms with van der Waals surface area (Å²) in [6.07, 6.45) is -0.638. The van der Waals surface area contributed by atoms with Crippen molar-refractivity contribution in [1.82, 2.24) is 5.32 Å². The average molecular weight is 235 g/mol. The second-order valence-electron chi connectivity index (χ2n) is 5.55. The molecule has 1 aliphatic heterocycles. The number of alkyl halides is 3. The average Bonchev–Trinajstić information content (AvgIpc) is 2.22. The van der Waals surface area contributed by atoms with E-state index in [-0.39, 0.29) is 5.41 Å². The van der Waals surface area contributed by atoms with Crippen LogP contribution < -0.4 is 5.32 Å². The molecule has 3 unspecified atom stereocenters. The van der Waals surface area contributed by atoms with Gasteiger partial charge < -0.3 is 5.32 Å². The zero-order valence-corrected chi connectivity index (χ0v) is 9.74. The van der Waals surface area contributed by atoms with Gasteiger partial charge >= 0.3 is 6.18 Å². The van der Waals surface area contributed by atoms with E-state index in [0.717, 1.165) is 32.4 Å². The van der Waals surface area contributed by atoms with Gasteiger partial charge in [0.25, 0.3) is 0 Å². The van der Waals surface area contributed by atoms with Crippen molar-refractivity contribution in [3.8, 4) is 0 Å². The highest BCUT2D eigenvalue weighted by molar-refractivity contribution is 4.95. The minimum atomic E-state index is -3.99. The molecule has 3 atom stereocenters. The molecule has 1 heterocycles. The molecular formula is C12H20F3N. The number of hydrogen-bond acceptors (Lipinski definition) is 1. The van der Waals surface area contributed by atoms with E-state index in [9.17, 15) is 13.2 Å². The van der Waals surface area contributed by atoms with E-state index >= 15 is 0 Å². The standard InChI is InChI=1S/C12H20F3N/c1-9-8-16-6-5-11(9)4-2-3-10(7-11)12(13,14)15/h9-10,16H,2-8H2,1H3. The van der Waals surface area contributed by atoms with Gasteiger partial charge in [-0.25, -0.2) is 0 Å². The Bertz CT molecular complexity index is 247. The van der Waals surface area contributed by atoms with Gasteiger partial charge in [-0.05, 0) is 50.1 Å². The summed E-state index contributed by atoms with van der Waals surface area (Å²) in [5.41, 5.74) is -0.0380. The molecule has 1 nitrogen and oxygen atoms in total. The van der Waals surface area contributed by atoms with Crippen LogP contribution in [-0.4, -0.2) is 19.3 Å². The Kier molecular flexibility index (Phi) is 3.21. The molecule has 1 aliphatic carbocycles. The molecule has 1 N–H and O–H groups in total. The van der Waals surface area contributed by atoms with Gasteiger partial charge in [-0.2, -0.15) is 13.2 Å². The number of hydrogen-bond donors (Lipinski definition) is 1. The van der Waals surface area contributed by atoms with Crippen LogP contribution in [0.1, 0.15) is 39.0 Å². The first-order valence-electron chi connectivity index (χ1n) is 6.21. The second-order valence-corrected chi connectivity index (χ2v) is 5.55. The van der Waals surface area contributed by atoms with Crippen molar-refractivity contribution < 1.29 is 13.2 Å². The Morgan fingerprint density at radius 1 is 1.25 bits per heavy atom. The van der Waals surface area contributed by atoms with E-state index in [1.807, 2.05) is 0 Å². The van der Waals surface area contributed by atoms with Crippen molar-refractivity contribution in [2.24, 2.45) is 17.3 Å². The van der Waals surface area contributed by atoms with E-state index in [1.54, 1.807) is 0 Å². The van der Waals surface area contributed by atoms with Crippen molar-refractivity contribution in [2.75, 3.05) is 13.1 Å². The summed E-state index contributed by atoms with van der Waals surface area (Å²) in [5, 5.41) is 3.28. The molecule has 2 rings (SSSR count). The van der Waals surface area contributed by atoms with Gasteiger partial charge in [-0.1, -0.05) is 13.3 Å². The smallest absolute Gasteiger partial charge is 0.316 e. The van der Waals surface area contributed by atoms with Gasteiger partial charge in [-0.15, -0.1) is 0 Å². The molecule has 0 amide bonds. The Balaban J connectivity index is 2.10. The number of nitrogens with one attached hydrogen (secondary N) is 1. The molecule has 2 aliphatic rings. The Morgan fingerprint density at radius 2 is 2.00 bits per heavy atom. The molecule has 0 bridgehead atoms. The number of rotatable bonds is 0. The number of halogens is 3. The van der Waals surface area contributed by atoms with Crippen LogP contribution in [0.5, 0.6) is 0 Å². The molecule has 0 radical (unpaired) electrons. The maximum atomic E-state index is 12.8. The van der Waals surface area contributed by atoms with Gasteiger partial charge in [0.2, 0.25) is 0 Å². The lowest BCUT2D eigenvalue weighted by atomic mass is 9.60. The highest BCUT2D eigenvalue weighted by atomic mass is 19.4. The SMILES string of the molecule is CC1CNCCC12CCCC(C(F)(F)F)C2. The molecule has 1 spiro atoms. The van der Waals surface area contributed by atoms with Gasteiger partial charge in [0.15, 0.2) is 0 Å². The van der Waals surface area contributed by atoms with Gasteiger partial charge in [0.05, 0.1) is 5.92 Å². The molecule has 0 aromatic carbocycles. The van der Waals surface area contributed by atoms with Crippen LogP contribution in [0.3, 0.4) is 0 Å². The lowest BCUT2D eigenvalue weighted by Crippen LogP contribution is -2.48. The van der Waals surface area contributed by atoms with E-state index < -0.39 is 12.1 Å². The van der Waals surface area contributed by atoms with Crippen LogP contribution in [0, 0.1) is 17.3 Å². The fourth-order valence-electron chi connectivity index (χ4n) is 3.47. The predicted octanol–water partition coefficient (Wildman–Crippen LogP) is 3.35. The molecule has 4 heteroatoms. The van der Waals surface area contributed by atoms with Crippen LogP contribution >= 0.6 is 0 Å². The summed E-state index contributed by atoms with van der Waals surface area (Å²) in [4.78, 5) is 0. The van der Waals surface area contributed by atoms with Crippen molar-refractivity contribution in [2.45, 2.75) is 45.2 Å². The molecule has 94 valence electrons. The summed E-state index contributed by atoms with van der Waals surface area (Å²) in [5.74, 6) is -0.673. The summed E-state index contributed by atoms with van der Waals surface area (Å²) in [7, 11) is 0. The molecule has 1 saturated heterocycles. The van der Waals surface area contributed by atoms with E-state index in [1.165, 1.54) is 0 Å². The third kappa shape index (κ3) is 2.22. The third-order valence-electron chi connectivity index (χ3n) is 4.64. The lowest BCUT2D eigenvalue weighted by Gasteiger charge is -2.48. The molecule has 0 aromatic rings. The summed E-state index contributed by atoms with van der Waals surface area (Å²) in [6, 6.07) is 0. The van der Waals surface area contributed by atoms with E-state index in [0.29, 0.717) is 18.8 Å². The van der Waals surface area contributed by atoms with Gasteiger partial charge in [0, 0.05) is 0 Å². The maximum absolute atomic E-state index is 12.8. The third-order valence-corrected chi connectivity index (χ3v) is 4.64. The first kappa shape index (κ1) is 12.2. The van der Waals surface area contributed by atoms with Crippen molar-refractivity contribution in [1.29, 1.82) is 0 Å². The zero-order valence-electron chi connectivity index (χ0n) is 9.74. The first-order valence-corrected chi connectivity index (χ1v) is 6.21. The fraction of sp³-hybridized carbons (Fsp3) is 1.00. The Labute approximate surface area is 94.8 Å². The highest BCUT2D eigenvalue weighted by Crippen LogP contribution is 2.52. The number of piperidine rings is 1. The van der Waals surface area contributed by atoms with Crippen molar-refractivity contribution in [3.05, 3.63) is 0 Å². The second kappa shape index (κ2) is 4.21. The first-order chi connectivity index (χ1) is 7.44.